The lowest BCUT2D eigenvalue weighted by molar-refractivity contribution is 0.414. The van der Waals surface area contributed by atoms with E-state index in [4.69, 9.17) is 4.74 Å². The third kappa shape index (κ3) is 4.96. The standard InChI is InChI=1S/C21H24N4O/c1-3-16-4-8-18(9-5-16)24-20-13-15-23-21(25-20)22-14-12-17-6-10-19(26-2)11-7-17/h4-11,13,15H,3,12,14H2,1-2H3,(H2,22,23,24,25). The summed E-state index contributed by atoms with van der Waals surface area (Å²) in [5.74, 6) is 2.26. The van der Waals surface area contributed by atoms with Crippen LogP contribution in [0, 0.1) is 0 Å². The van der Waals surface area contributed by atoms with Crippen LogP contribution in [0.25, 0.3) is 0 Å². The third-order valence-electron chi connectivity index (χ3n) is 4.15. The molecule has 0 spiro atoms. The zero-order valence-electron chi connectivity index (χ0n) is 15.2. The maximum absolute atomic E-state index is 5.18. The molecule has 0 amide bonds. The molecule has 134 valence electrons. The Labute approximate surface area is 154 Å². The van der Waals surface area contributed by atoms with Crippen molar-refractivity contribution < 1.29 is 4.74 Å². The van der Waals surface area contributed by atoms with E-state index in [0.29, 0.717) is 5.95 Å². The Balaban J connectivity index is 1.54. The van der Waals surface area contributed by atoms with Gasteiger partial charge in [-0.05, 0) is 54.3 Å². The van der Waals surface area contributed by atoms with Crippen LogP contribution in [0.15, 0.2) is 60.8 Å². The maximum atomic E-state index is 5.18. The van der Waals surface area contributed by atoms with Gasteiger partial charge in [-0.2, -0.15) is 4.98 Å². The normalized spacial score (nSPS) is 10.4. The Morgan fingerprint density at radius 3 is 2.35 bits per heavy atom. The molecular weight excluding hydrogens is 324 g/mol. The molecule has 3 rings (SSSR count). The summed E-state index contributed by atoms with van der Waals surface area (Å²) >= 11 is 0. The highest BCUT2D eigenvalue weighted by atomic mass is 16.5. The van der Waals surface area contributed by atoms with Crippen molar-refractivity contribution in [2.75, 3.05) is 24.3 Å². The molecule has 1 aromatic heterocycles. The van der Waals surface area contributed by atoms with Crippen LogP contribution in [0.4, 0.5) is 17.5 Å². The number of methoxy groups -OCH3 is 1. The molecule has 0 saturated carbocycles. The molecule has 0 bridgehead atoms. The van der Waals surface area contributed by atoms with E-state index in [9.17, 15) is 0 Å². The number of hydrogen-bond acceptors (Lipinski definition) is 5. The van der Waals surface area contributed by atoms with Crippen molar-refractivity contribution in [3.63, 3.8) is 0 Å². The minimum Gasteiger partial charge on any atom is -0.497 e. The number of benzene rings is 2. The predicted octanol–water partition coefficient (Wildman–Crippen LogP) is 4.45. The van der Waals surface area contributed by atoms with Crippen LogP contribution >= 0.6 is 0 Å². The van der Waals surface area contributed by atoms with Crippen molar-refractivity contribution in [2.45, 2.75) is 19.8 Å². The van der Waals surface area contributed by atoms with Crippen LogP contribution in [-0.4, -0.2) is 23.6 Å². The summed E-state index contributed by atoms with van der Waals surface area (Å²) in [4.78, 5) is 8.80. The topological polar surface area (TPSA) is 59.1 Å². The third-order valence-corrected chi connectivity index (χ3v) is 4.15. The molecule has 5 nitrogen and oxygen atoms in total. The molecule has 0 radical (unpaired) electrons. The first kappa shape index (κ1) is 17.7. The van der Waals surface area contributed by atoms with Gasteiger partial charge < -0.3 is 15.4 Å². The quantitative estimate of drug-likeness (QED) is 0.630. The molecule has 0 unspecified atom stereocenters. The molecule has 0 fully saturated rings. The number of ether oxygens (including phenoxy) is 1. The van der Waals surface area contributed by atoms with Crippen molar-refractivity contribution in [2.24, 2.45) is 0 Å². The van der Waals surface area contributed by atoms with Crippen molar-refractivity contribution >= 4 is 17.5 Å². The second-order valence-corrected chi connectivity index (χ2v) is 5.97. The number of rotatable bonds is 8. The van der Waals surface area contributed by atoms with E-state index < -0.39 is 0 Å². The van der Waals surface area contributed by atoms with Gasteiger partial charge in [-0.25, -0.2) is 4.98 Å². The van der Waals surface area contributed by atoms with Gasteiger partial charge in [0, 0.05) is 18.4 Å². The number of hydrogen-bond donors (Lipinski definition) is 2. The molecule has 0 aliphatic heterocycles. The summed E-state index contributed by atoms with van der Waals surface area (Å²) in [6, 6.07) is 18.3. The van der Waals surface area contributed by atoms with Gasteiger partial charge in [0.05, 0.1) is 7.11 Å². The SMILES string of the molecule is CCc1ccc(Nc2ccnc(NCCc3ccc(OC)cc3)n2)cc1. The monoisotopic (exact) mass is 348 g/mol. The van der Waals surface area contributed by atoms with Crippen LogP contribution in [0.1, 0.15) is 18.1 Å². The average Bonchev–Trinajstić information content (AvgIpc) is 2.69. The average molecular weight is 348 g/mol. The van der Waals surface area contributed by atoms with Crippen LogP contribution in [-0.2, 0) is 12.8 Å². The van der Waals surface area contributed by atoms with Crippen LogP contribution in [0.2, 0.25) is 0 Å². The van der Waals surface area contributed by atoms with Crippen LogP contribution in [0.5, 0.6) is 5.75 Å². The van der Waals surface area contributed by atoms with Crippen molar-refractivity contribution in [3.8, 4) is 5.75 Å². The highest BCUT2D eigenvalue weighted by molar-refractivity contribution is 5.57. The smallest absolute Gasteiger partial charge is 0.224 e. The van der Waals surface area contributed by atoms with E-state index in [2.05, 4.69) is 63.9 Å². The maximum Gasteiger partial charge on any atom is 0.224 e. The largest absolute Gasteiger partial charge is 0.497 e. The number of nitrogens with zero attached hydrogens (tertiary/aromatic N) is 2. The summed E-state index contributed by atoms with van der Waals surface area (Å²) in [6.45, 7) is 2.91. The lowest BCUT2D eigenvalue weighted by atomic mass is 10.1. The van der Waals surface area contributed by atoms with E-state index in [0.717, 1.165) is 36.6 Å². The number of anilines is 3. The minimum atomic E-state index is 0.619. The van der Waals surface area contributed by atoms with Gasteiger partial charge in [0.2, 0.25) is 5.95 Å². The fraction of sp³-hybridized carbons (Fsp3) is 0.238. The summed E-state index contributed by atoms with van der Waals surface area (Å²) < 4.78 is 5.18. The number of aryl methyl sites for hydroxylation is 1. The second kappa shape index (κ2) is 8.85. The Morgan fingerprint density at radius 2 is 1.65 bits per heavy atom. The first-order valence-corrected chi connectivity index (χ1v) is 8.82. The lowest BCUT2D eigenvalue weighted by Crippen LogP contribution is -2.08. The summed E-state index contributed by atoms with van der Waals surface area (Å²) in [5.41, 5.74) is 3.58. The van der Waals surface area contributed by atoms with Crippen LogP contribution < -0.4 is 15.4 Å². The van der Waals surface area contributed by atoms with Gasteiger partial charge in [-0.15, -0.1) is 0 Å². The fourth-order valence-electron chi connectivity index (χ4n) is 2.60. The van der Waals surface area contributed by atoms with Gasteiger partial charge in [-0.1, -0.05) is 31.2 Å². The summed E-state index contributed by atoms with van der Waals surface area (Å²) in [7, 11) is 1.67. The van der Waals surface area contributed by atoms with Gasteiger partial charge >= 0.3 is 0 Å². The molecule has 26 heavy (non-hydrogen) atoms. The fourth-order valence-corrected chi connectivity index (χ4v) is 2.60. The molecule has 2 N–H and O–H groups in total. The first-order valence-electron chi connectivity index (χ1n) is 8.82. The second-order valence-electron chi connectivity index (χ2n) is 5.97. The molecule has 0 saturated heterocycles. The zero-order valence-corrected chi connectivity index (χ0v) is 15.2. The Hall–Kier alpha value is -3.08. The Bertz CT molecular complexity index is 816. The minimum absolute atomic E-state index is 0.619. The predicted molar refractivity (Wildman–Crippen MR) is 106 cm³/mol. The molecule has 5 heteroatoms. The summed E-state index contributed by atoms with van der Waals surface area (Å²) in [5, 5.41) is 6.58. The molecule has 2 aromatic carbocycles. The van der Waals surface area contributed by atoms with Gasteiger partial charge in [0.1, 0.15) is 11.6 Å². The highest BCUT2D eigenvalue weighted by Crippen LogP contribution is 2.16. The van der Waals surface area contributed by atoms with Crippen molar-refractivity contribution in [3.05, 3.63) is 71.9 Å². The molecule has 1 heterocycles. The van der Waals surface area contributed by atoms with E-state index in [1.54, 1.807) is 13.3 Å². The number of nitrogens with one attached hydrogen (secondary N) is 2. The molecular formula is C21H24N4O. The van der Waals surface area contributed by atoms with E-state index in [1.807, 2.05) is 18.2 Å². The van der Waals surface area contributed by atoms with Crippen molar-refractivity contribution in [1.82, 2.24) is 9.97 Å². The number of aromatic nitrogens is 2. The molecule has 3 aromatic rings. The molecule has 0 aliphatic rings. The van der Waals surface area contributed by atoms with Gasteiger partial charge in [0.15, 0.2) is 0 Å². The van der Waals surface area contributed by atoms with Gasteiger partial charge in [0.25, 0.3) is 0 Å². The Morgan fingerprint density at radius 1 is 0.923 bits per heavy atom. The summed E-state index contributed by atoms with van der Waals surface area (Å²) in [6.07, 6.45) is 3.69. The zero-order chi connectivity index (χ0) is 18.2. The Kier molecular flexibility index (Phi) is 6.04. The van der Waals surface area contributed by atoms with E-state index >= 15 is 0 Å². The van der Waals surface area contributed by atoms with E-state index in [1.165, 1.54) is 11.1 Å². The van der Waals surface area contributed by atoms with Crippen LogP contribution in [0.3, 0.4) is 0 Å². The van der Waals surface area contributed by atoms with E-state index in [-0.39, 0.29) is 0 Å². The van der Waals surface area contributed by atoms with Crippen molar-refractivity contribution in [1.29, 1.82) is 0 Å². The first-order chi connectivity index (χ1) is 12.8. The lowest BCUT2D eigenvalue weighted by Gasteiger charge is -2.09. The highest BCUT2D eigenvalue weighted by Gasteiger charge is 2.01. The molecule has 0 atom stereocenters. The molecule has 0 aliphatic carbocycles. The van der Waals surface area contributed by atoms with Gasteiger partial charge in [-0.3, -0.25) is 0 Å².